The molecule has 0 aliphatic rings. The van der Waals surface area contributed by atoms with Gasteiger partial charge in [-0.15, -0.1) is 0 Å². The van der Waals surface area contributed by atoms with Crippen molar-refractivity contribution in [1.29, 1.82) is 0 Å². The van der Waals surface area contributed by atoms with Crippen molar-refractivity contribution >= 4 is 52.1 Å². The first kappa shape index (κ1) is 26.1. The molecule has 0 fully saturated rings. The van der Waals surface area contributed by atoms with Crippen molar-refractivity contribution in [1.82, 2.24) is 0 Å². The third-order valence-electron chi connectivity index (χ3n) is 3.89. The van der Waals surface area contributed by atoms with E-state index in [1.165, 1.54) is 0 Å². The Hall–Kier alpha value is -1.20. The number of hydrogen-bond donors (Lipinski definition) is 0. The Morgan fingerprint density at radius 1 is 0.677 bits per heavy atom. The summed E-state index contributed by atoms with van der Waals surface area (Å²) in [7, 11) is -11.4. The molecule has 2 rings (SSSR count). The number of alkyl halides is 6. The van der Waals surface area contributed by atoms with Crippen molar-refractivity contribution in [3.8, 4) is 0 Å². The summed E-state index contributed by atoms with van der Waals surface area (Å²) < 4.78 is 149. The van der Waals surface area contributed by atoms with E-state index in [2.05, 4.69) is 31.9 Å². The van der Waals surface area contributed by atoms with E-state index in [4.69, 9.17) is 0 Å². The summed E-state index contributed by atoms with van der Waals surface area (Å²) in [4.78, 5) is -3.45. The summed E-state index contributed by atoms with van der Waals surface area (Å²) in [6.45, 7) is 0. The molecule has 0 aliphatic carbocycles. The van der Waals surface area contributed by atoms with E-state index in [0.717, 1.165) is 0 Å². The number of benzene rings is 2. The van der Waals surface area contributed by atoms with E-state index in [0.29, 0.717) is 24.3 Å². The predicted octanol–water partition coefficient (Wildman–Crippen LogP) is 4.65. The average molecular weight is 620 g/mol. The van der Waals surface area contributed by atoms with E-state index in [9.17, 15) is 52.3 Å². The second-order valence-corrected chi connectivity index (χ2v) is 10.3. The van der Waals surface area contributed by atoms with Crippen LogP contribution in [-0.2, 0) is 39.0 Å². The van der Waals surface area contributed by atoms with Crippen LogP contribution < -0.4 is 0 Å². The zero-order chi connectivity index (χ0) is 24.2. The lowest BCUT2D eigenvalue weighted by Gasteiger charge is -2.24. The van der Waals surface area contributed by atoms with Gasteiger partial charge in [0.15, 0.2) is 0 Å². The molecule has 0 N–H and O–H groups in total. The maximum atomic E-state index is 13.6. The van der Waals surface area contributed by atoms with Gasteiger partial charge >= 0.3 is 12.4 Å². The molecule has 0 bridgehead atoms. The molecule has 0 unspecified atom stereocenters. The van der Waals surface area contributed by atoms with Crippen LogP contribution in [0.25, 0.3) is 0 Å². The van der Waals surface area contributed by atoms with Crippen molar-refractivity contribution in [2.24, 2.45) is 0 Å². The Balaban J connectivity index is 3.00. The lowest BCUT2D eigenvalue weighted by Crippen LogP contribution is -2.20. The highest BCUT2D eigenvalue weighted by molar-refractivity contribution is 9.10. The molecule has 0 aliphatic heterocycles. The molecule has 0 spiro atoms. The maximum absolute atomic E-state index is 13.6. The minimum Gasteiger partial charge on any atom is -0.744 e. The summed E-state index contributed by atoms with van der Waals surface area (Å²) in [5.41, 5.74) is -6.22. The molecule has 6 nitrogen and oxygen atoms in total. The number of rotatable bonds is 4. The first-order valence-electron chi connectivity index (χ1n) is 7.45. The minimum atomic E-state index is -5.70. The van der Waals surface area contributed by atoms with Crippen molar-refractivity contribution in [2.75, 3.05) is 0 Å². The number of hydrogen-bond acceptors (Lipinski definition) is 6. The molecule has 0 atom stereocenters. The third-order valence-corrected chi connectivity index (χ3v) is 7.14. The van der Waals surface area contributed by atoms with Gasteiger partial charge in [-0.1, -0.05) is 31.9 Å². The van der Waals surface area contributed by atoms with Crippen molar-refractivity contribution in [2.45, 2.75) is 28.6 Å². The molecule has 0 aromatic heterocycles. The SMILES string of the molecule is O=S(=O)([O-])c1ccc(Br)c(Cc2c(Br)ccc(S(=O)(=O)[O-])c2C(F)(F)F)c1C(F)(F)F. The van der Waals surface area contributed by atoms with Gasteiger partial charge in [-0.25, -0.2) is 16.8 Å². The Morgan fingerprint density at radius 3 is 1.19 bits per heavy atom. The Labute approximate surface area is 188 Å². The van der Waals surface area contributed by atoms with E-state index in [1.807, 2.05) is 0 Å². The van der Waals surface area contributed by atoms with Gasteiger partial charge in [-0.2, -0.15) is 26.3 Å². The molecule has 0 amide bonds. The van der Waals surface area contributed by atoms with Gasteiger partial charge in [0.25, 0.3) is 0 Å². The fourth-order valence-corrected chi connectivity index (χ4v) is 5.15. The lowest BCUT2D eigenvalue weighted by atomic mass is 9.95. The normalized spacial score (nSPS) is 13.5. The van der Waals surface area contributed by atoms with Gasteiger partial charge < -0.3 is 9.11 Å². The summed E-state index contributed by atoms with van der Waals surface area (Å²) >= 11 is 5.36. The zero-order valence-corrected chi connectivity index (χ0v) is 19.1. The molecular weight excluding hydrogens is 614 g/mol. The second-order valence-electron chi connectivity index (χ2n) is 5.88. The van der Waals surface area contributed by atoms with Crippen LogP contribution in [0.1, 0.15) is 22.3 Å². The van der Waals surface area contributed by atoms with Crippen LogP contribution in [0.5, 0.6) is 0 Å². The first-order valence-corrected chi connectivity index (χ1v) is 11.9. The number of halogens is 8. The Bertz CT molecular complexity index is 1160. The molecule has 0 saturated carbocycles. The molecule has 2 aromatic carbocycles. The molecule has 2 aromatic rings. The molecule has 31 heavy (non-hydrogen) atoms. The molecule has 0 saturated heterocycles. The van der Waals surface area contributed by atoms with Gasteiger partial charge in [0, 0.05) is 15.4 Å². The summed E-state index contributed by atoms with van der Waals surface area (Å²) in [6.07, 6.45) is -12.3. The largest absolute Gasteiger partial charge is 0.744 e. The highest BCUT2D eigenvalue weighted by Gasteiger charge is 2.42. The van der Waals surface area contributed by atoms with Crippen LogP contribution in [0.3, 0.4) is 0 Å². The van der Waals surface area contributed by atoms with Gasteiger partial charge in [-0.3, -0.25) is 0 Å². The van der Waals surface area contributed by atoms with E-state index in [-0.39, 0.29) is 0 Å². The monoisotopic (exact) mass is 618 g/mol. The molecular formula is C15H6Br2F6O6S2-2. The lowest BCUT2D eigenvalue weighted by molar-refractivity contribution is -0.140. The van der Waals surface area contributed by atoms with Gasteiger partial charge in [0.05, 0.1) is 20.9 Å². The molecule has 172 valence electrons. The van der Waals surface area contributed by atoms with Crippen molar-refractivity contribution in [3.63, 3.8) is 0 Å². The maximum Gasteiger partial charge on any atom is 0.417 e. The Kier molecular flexibility index (Phi) is 6.97. The van der Waals surface area contributed by atoms with Crippen molar-refractivity contribution < 1.29 is 52.3 Å². The fourth-order valence-electron chi connectivity index (χ4n) is 2.76. The van der Waals surface area contributed by atoms with Crippen LogP contribution >= 0.6 is 31.9 Å². The highest BCUT2D eigenvalue weighted by Crippen LogP contribution is 2.44. The highest BCUT2D eigenvalue weighted by atomic mass is 79.9. The topological polar surface area (TPSA) is 114 Å². The zero-order valence-electron chi connectivity index (χ0n) is 14.3. The fraction of sp³-hybridized carbons (Fsp3) is 0.200. The quantitative estimate of drug-likeness (QED) is 0.364. The van der Waals surface area contributed by atoms with Crippen LogP contribution in [-0.4, -0.2) is 25.9 Å². The standard InChI is InChI=1S/C15H8Br2F6O6S2/c16-8-1-3-10(30(24,25)26)12(14(18,19)20)6(8)5-7-9(17)2-4-11(31(27,28)29)13(7)15(21,22)23/h1-4H,5H2,(H,24,25,26)(H,27,28,29)/p-2. The molecule has 16 heteroatoms. The van der Waals surface area contributed by atoms with E-state index < -0.39 is 80.0 Å². The summed E-state index contributed by atoms with van der Waals surface area (Å²) in [5.74, 6) is 0. The van der Waals surface area contributed by atoms with Crippen LogP contribution in [0, 0.1) is 0 Å². The molecule has 0 radical (unpaired) electrons. The van der Waals surface area contributed by atoms with Crippen LogP contribution in [0.4, 0.5) is 26.3 Å². The van der Waals surface area contributed by atoms with Gasteiger partial charge in [0.1, 0.15) is 20.2 Å². The average Bonchev–Trinajstić information content (AvgIpc) is 2.53. The van der Waals surface area contributed by atoms with Crippen molar-refractivity contribution in [3.05, 3.63) is 55.5 Å². The smallest absolute Gasteiger partial charge is 0.417 e. The van der Waals surface area contributed by atoms with E-state index in [1.54, 1.807) is 0 Å². The van der Waals surface area contributed by atoms with Gasteiger partial charge in [0.2, 0.25) is 0 Å². The summed E-state index contributed by atoms with van der Waals surface area (Å²) in [5, 5.41) is 0. The van der Waals surface area contributed by atoms with Crippen LogP contribution in [0.2, 0.25) is 0 Å². The summed E-state index contributed by atoms with van der Waals surface area (Å²) in [6, 6.07) is 2.09. The van der Waals surface area contributed by atoms with Crippen LogP contribution in [0.15, 0.2) is 43.0 Å². The minimum absolute atomic E-state index is 0.330. The van der Waals surface area contributed by atoms with Gasteiger partial charge in [-0.05, 0) is 35.4 Å². The van der Waals surface area contributed by atoms with E-state index >= 15 is 0 Å². The molecule has 0 heterocycles. The third kappa shape index (κ3) is 5.60. The second kappa shape index (κ2) is 8.30. The Morgan fingerprint density at radius 2 is 0.968 bits per heavy atom. The predicted molar refractivity (Wildman–Crippen MR) is 97.0 cm³/mol. The first-order chi connectivity index (χ1) is 13.8.